The zero-order chi connectivity index (χ0) is 9.68. The van der Waals surface area contributed by atoms with Crippen molar-refractivity contribution in [2.24, 2.45) is 0 Å². The van der Waals surface area contributed by atoms with Crippen LogP contribution in [0.25, 0.3) is 0 Å². The summed E-state index contributed by atoms with van der Waals surface area (Å²) in [5.74, 6) is -0.900. The molecule has 6 heteroatoms. The Morgan fingerprint density at radius 2 is 1.92 bits per heavy atom. The molecule has 1 aliphatic rings. The Labute approximate surface area is 75.3 Å². The van der Waals surface area contributed by atoms with Crippen LogP contribution in [0.4, 0.5) is 4.79 Å². The molecule has 0 aromatic rings. The maximum absolute atomic E-state index is 11.2. The van der Waals surface area contributed by atoms with Crippen LogP contribution in [0.2, 0.25) is 0 Å². The monoisotopic (exact) mass is 185 g/mol. The van der Waals surface area contributed by atoms with Crippen molar-refractivity contribution >= 4 is 18.2 Å². The van der Waals surface area contributed by atoms with Crippen LogP contribution in [0.5, 0.6) is 0 Å². The molecule has 6 nitrogen and oxygen atoms in total. The highest BCUT2D eigenvalue weighted by Gasteiger charge is 2.17. The number of piperazine rings is 1. The Bertz CT molecular complexity index is 223. The molecule has 1 fully saturated rings. The number of rotatable bonds is 1. The molecular weight excluding hydrogens is 174 g/mol. The van der Waals surface area contributed by atoms with Gasteiger partial charge in [0.05, 0.1) is 0 Å². The summed E-state index contributed by atoms with van der Waals surface area (Å²) in [6.45, 7) is 2.53. The van der Waals surface area contributed by atoms with Gasteiger partial charge in [-0.25, -0.2) is 4.79 Å². The Balaban J connectivity index is 2.37. The van der Waals surface area contributed by atoms with Gasteiger partial charge in [0.15, 0.2) is 0 Å². The predicted octanol–water partition coefficient (Wildman–Crippen LogP) is -1.67. The third kappa shape index (κ3) is 2.83. The van der Waals surface area contributed by atoms with Crippen molar-refractivity contribution in [3.05, 3.63) is 0 Å². The fourth-order valence-electron chi connectivity index (χ4n) is 1.08. The molecule has 1 heterocycles. The van der Waals surface area contributed by atoms with Crippen molar-refractivity contribution in [2.75, 3.05) is 26.2 Å². The lowest BCUT2D eigenvalue weighted by molar-refractivity contribution is -0.130. The Kier molecular flexibility index (Phi) is 3.39. The van der Waals surface area contributed by atoms with E-state index in [1.807, 2.05) is 5.32 Å². The topological polar surface area (TPSA) is 78.5 Å². The third-order valence-electron chi connectivity index (χ3n) is 1.74. The van der Waals surface area contributed by atoms with Gasteiger partial charge in [0.2, 0.25) is 6.29 Å². The van der Waals surface area contributed by atoms with Crippen LogP contribution in [0.1, 0.15) is 0 Å². The first-order valence-electron chi connectivity index (χ1n) is 4.00. The zero-order valence-corrected chi connectivity index (χ0v) is 7.08. The van der Waals surface area contributed by atoms with Gasteiger partial charge in [0.25, 0.3) is 5.91 Å². The predicted molar refractivity (Wildman–Crippen MR) is 44.0 cm³/mol. The number of carbonyl (C=O) groups excluding carboxylic acids is 3. The van der Waals surface area contributed by atoms with Crippen molar-refractivity contribution in [1.82, 2.24) is 15.5 Å². The first-order valence-corrected chi connectivity index (χ1v) is 4.00. The van der Waals surface area contributed by atoms with Crippen molar-refractivity contribution in [3.63, 3.8) is 0 Å². The second kappa shape index (κ2) is 4.56. The minimum absolute atomic E-state index is 0.0834. The van der Waals surface area contributed by atoms with E-state index in [0.29, 0.717) is 26.2 Å². The number of hydrogen-bond acceptors (Lipinski definition) is 4. The molecule has 2 N–H and O–H groups in total. The van der Waals surface area contributed by atoms with Gasteiger partial charge in [-0.3, -0.25) is 14.9 Å². The van der Waals surface area contributed by atoms with Crippen LogP contribution in [0.15, 0.2) is 0 Å². The summed E-state index contributed by atoms with van der Waals surface area (Å²) in [6.07, 6.45) is 0.0834. The molecule has 72 valence electrons. The average Bonchev–Trinajstić information content (AvgIpc) is 2.19. The van der Waals surface area contributed by atoms with Gasteiger partial charge in [0.1, 0.15) is 0 Å². The molecule has 0 unspecified atom stereocenters. The van der Waals surface area contributed by atoms with Gasteiger partial charge < -0.3 is 10.2 Å². The van der Waals surface area contributed by atoms with Gasteiger partial charge in [-0.05, 0) is 0 Å². The van der Waals surface area contributed by atoms with Gasteiger partial charge in [0, 0.05) is 26.2 Å². The Hall–Kier alpha value is -1.43. The second-order valence-corrected chi connectivity index (χ2v) is 2.65. The number of carbonyl (C=O) groups is 3. The van der Waals surface area contributed by atoms with Crippen LogP contribution in [0, 0.1) is 0 Å². The number of amides is 3. The van der Waals surface area contributed by atoms with Crippen molar-refractivity contribution in [1.29, 1.82) is 0 Å². The zero-order valence-electron chi connectivity index (χ0n) is 7.08. The fourth-order valence-corrected chi connectivity index (χ4v) is 1.08. The van der Waals surface area contributed by atoms with E-state index in [1.165, 1.54) is 4.90 Å². The molecule has 0 bridgehead atoms. The highest BCUT2D eigenvalue weighted by Crippen LogP contribution is 1.91. The lowest BCUT2D eigenvalue weighted by atomic mass is 10.4. The third-order valence-corrected chi connectivity index (χ3v) is 1.74. The summed E-state index contributed by atoms with van der Waals surface area (Å²) < 4.78 is 0. The molecule has 0 aliphatic carbocycles. The largest absolute Gasteiger partial charge is 0.324 e. The lowest BCUT2D eigenvalue weighted by Gasteiger charge is -2.26. The fraction of sp³-hybridized carbons (Fsp3) is 0.571. The van der Waals surface area contributed by atoms with Crippen LogP contribution in [-0.2, 0) is 9.59 Å². The first-order chi connectivity index (χ1) is 6.24. The van der Waals surface area contributed by atoms with E-state index in [4.69, 9.17) is 0 Å². The maximum Gasteiger partial charge on any atom is 0.324 e. The van der Waals surface area contributed by atoms with Crippen LogP contribution in [0.3, 0.4) is 0 Å². The molecule has 1 saturated heterocycles. The molecule has 1 rings (SSSR count). The number of hydrogen-bond donors (Lipinski definition) is 2. The summed E-state index contributed by atoms with van der Waals surface area (Å²) in [6, 6.07) is -0.501. The second-order valence-electron chi connectivity index (χ2n) is 2.65. The van der Waals surface area contributed by atoms with Gasteiger partial charge in [-0.1, -0.05) is 0 Å². The minimum atomic E-state index is -0.900. The van der Waals surface area contributed by atoms with Crippen molar-refractivity contribution < 1.29 is 14.4 Å². The summed E-state index contributed by atoms with van der Waals surface area (Å²) in [5, 5.41) is 5.01. The van der Waals surface area contributed by atoms with E-state index in [2.05, 4.69) is 5.32 Å². The standard InChI is InChI=1S/C7H11N3O3/c11-5-6(12)9-7(13)10-3-1-8-2-4-10/h5,8H,1-4H2,(H,9,12,13). The normalized spacial score (nSPS) is 16.5. The maximum atomic E-state index is 11.2. The summed E-state index contributed by atoms with van der Waals surface area (Å²) >= 11 is 0. The number of aldehydes is 1. The van der Waals surface area contributed by atoms with Crippen LogP contribution >= 0.6 is 0 Å². The van der Waals surface area contributed by atoms with E-state index in [9.17, 15) is 14.4 Å². The number of nitrogens with one attached hydrogen (secondary N) is 2. The molecule has 0 aromatic heterocycles. The summed E-state index contributed by atoms with van der Waals surface area (Å²) in [5.41, 5.74) is 0. The first kappa shape index (κ1) is 9.66. The summed E-state index contributed by atoms with van der Waals surface area (Å²) in [4.78, 5) is 33.1. The number of imide groups is 1. The van der Waals surface area contributed by atoms with E-state index in [1.54, 1.807) is 0 Å². The molecule has 13 heavy (non-hydrogen) atoms. The highest BCUT2D eigenvalue weighted by atomic mass is 16.2. The minimum Gasteiger partial charge on any atom is -0.322 e. The van der Waals surface area contributed by atoms with E-state index in [-0.39, 0.29) is 6.29 Å². The molecule has 0 spiro atoms. The highest BCUT2D eigenvalue weighted by molar-refractivity contribution is 6.27. The molecule has 0 aromatic carbocycles. The SMILES string of the molecule is O=CC(=O)NC(=O)N1CCNCC1. The van der Waals surface area contributed by atoms with E-state index < -0.39 is 11.9 Å². The Morgan fingerprint density at radius 1 is 1.31 bits per heavy atom. The molecule has 1 aliphatic heterocycles. The van der Waals surface area contributed by atoms with Crippen LogP contribution < -0.4 is 10.6 Å². The molecular formula is C7H11N3O3. The summed E-state index contributed by atoms with van der Waals surface area (Å²) in [7, 11) is 0. The van der Waals surface area contributed by atoms with Gasteiger partial charge >= 0.3 is 6.03 Å². The number of urea groups is 1. The lowest BCUT2D eigenvalue weighted by Crippen LogP contribution is -2.51. The van der Waals surface area contributed by atoms with Crippen LogP contribution in [-0.4, -0.2) is 49.3 Å². The van der Waals surface area contributed by atoms with Crippen molar-refractivity contribution in [2.45, 2.75) is 0 Å². The molecule has 0 radical (unpaired) electrons. The molecule has 0 atom stereocenters. The molecule has 3 amide bonds. The smallest absolute Gasteiger partial charge is 0.322 e. The Morgan fingerprint density at radius 3 is 2.46 bits per heavy atom. The number of nitrogens with zero attached hydrogens (tertiary/aromatic N) is 1. The quantitative estimate of drug-likeness (QED) is 0.378. The molecule has 0 saturated carbocycles. The van der Waals surface area contributed by atoms with Crippen molar-refractivity contribution in [3.8, 4) is 0 Å². The van der Waals surface area contributed by atoms with Gasteiger partial charge in [-0.2, -0.15) is 0 Å². The van der Waals surface area contributed by atoms with E-state index in [0.717, 1.165) is 0 Å². The van der Waals surface area contributed by atoms with Gasteiger partial charge in [-0.15, -0.1) is 0 Å². The van der Waals surface area contributed by atoms with E-state index >= 15 is 0 Å². The average molecular weight is 185 g/mol.